The van der Waals surface area contributed by atoms with Crippen LogP contribution in [0.4, 0.5) is 0 Å². The molecule has 0 N–H and O–H groups in total. The number of allylic oxidation sites excluding steroid dienone is 1. The van der Waals surface area contributed by atoms with Crippen LogP contribution in [0.25, 0.3) is 0 Å². The van der Waals surface area contributed by atoms with Crippen LogP contribution in [0.15, 0.2) is 11.6 Å². The minimum atomic E-state index is -0.915. The van der Waals surface area contributed by atoms with E-state index in [2.05, 4.69) is 0 Å². The van der Waals surface area contributed by atoms with Gasteiger partial charge in [-0.2, -0.15) is 0 Å². The molecule has 1 fully saturated rings. The van der Waals surface area contributed by atoms with Gasteiger partial charge in [0.25, 0.3) is 0 Å². The van der Waals surface area contributed by atoms with Crippen molar-refractivity contribution in [3.05, 3.63) is 11.6 Å². The lowest BCUT2D eigenvalue weighted by Gasteiger charge is -2.31. The van der Waals surface area contributed by atoms with E-state index in [0.717, 1.165) is 5.57 Å². The lowest BCUT2D eigenvalue weighted by Crippen LogP contribution is -2.47. The summed E-state index contributed by atoms with van der Waals surface area (Å²) in [6, 6.07) is 0. The first-order chi connectivity index (χ1) is 7.52. The minimum absolute atomic E-state index is 0.145. The molecule has 2 atom stereocenters. The van der Waals surface area contributed by atoms with Gasteiger partial charge < -0.3 is 4.74 Å². The van der Waals surface area contributed by atoms with Gasteiger partial charge in [-0.25, -0.2) is 0 Å². The second kappa shape index (κ2) is 3.08. The summed E-state index contributed by atoms with van der Waals surface area (Å²) >= 11 is 0. The summed E-state index contributed by atoms with van der Waals surface area (Å²) < 4.78 is 5.71. The number of ketones is 2. The van der Waals surface area contributed by atoms with E-state index in [4.69, 9.17) is 4.74 Å². The quantitative estimate of drug-likeness (QED) is 0.479. The van der Waals surface area contributed by atoms with E-state index < -0.39 is 11.4 Å². The molecule has 0 aromatic heterocycles. The molecular weight excluding hydrogens is 216 g/mol. The lowest BCUT2D eigenvalue weighted by atomic mass is 9.67. The molecule has 0 bridgehead atoms. The smallest absolute Gasteiger partial charge is 0.237 e. The number of ether oxygens (including phenoxy) is 1. The highest BCUT2D eigenvalue weighted by atomic mass is 16.6. The van der Waals surface area contributed by atoms with Gasteiger partial charge in [0, 0.05) is 5.41 Å². The molecule has 1 saturated heterocycles. The highest BCUT2D eigenvalue weighted by Crippen LogP contribution is 2.58. The second-order valence-corrected chi connectivity index (χ2v) is 7.03. The first-order valence-electron chi connectivity index (χ1n) is 6.00. The van der Waals surface area contributed by atoms with Crippen LogP contribution in [0.1, 0.15) is 41.5 Å². The SMILES string of the molecule is CC(C)(C)C1=CC(=O)C(=O)C2(C(C)(C)C)OC12. The summed E-state index contributed by atoms with van der Waals surface area (Å²) in [7, 11) is 0. The summed E-state index contributed by atoms with van der Waals surface area (Å²) in [5.41, 5.74) is -0.470. The summed E-state index contributed by atoms with van der Waals surface area (Å²) in [5.74, 6) is -0.804. The fourth-order valence-corrected chi connectivity index (χ4v) is 2.59. The van der Waals surface area contributed by atoms with Gasteiger partial charge in [0.2, 0.25) is 11.6 Å². The van der Waals surface area contributed by atoms with Crippen LogP contribution in [0, 0.1) is 10.8 Å². The molecular formula is C14H20O3. The third-order valence-electron chi connectivity index (χ3n) is 3.73. The van der Waals surface area contributed by atoms with Crippen molar-refractivity contribution in [1.29, 1.82) is 0 Å². The zero-order valence-corrected chi connectivity index (χ0v) is 11.4. The number of rotatable bonds is 0. The Morgan fingerprint density at radius 2 is 1.65 bits per heavy atom. The predicted molar refractivity (Wildman–Crippen MR) is 64.6 cm³/mol. The normalized spacial score (nSPS) is 33.3. The maximum absolute atomic E-state index is 12.1. The van der Waals surface area contributed by atoms with Crippen LogP contribution in [0.3, 0.4) is 0 Å². The molecule has 0 aromatic rings. The fourth-order valence-electron chi connectivity index (χ4n) is 2.59. The Labute approximate surface area is 102 Å². The fraction of sp³-hybridized carbons (Fsp3) is 0.714. The predicted octanol–water partition coefficient (Wildman–Crippen LogP) is 2.29. The second-order valence-electron chi connectivity index (χ2n) is 7.03. The average Bonchev–Trinajstić information content (AvgIpc) is 2.84. The van der Waals surface area contributed by atoms with E-state index >= 15 is 0 Å². The van der Waals surface area contributed by atoms with Crippen molar-refractivity contribution in [2.45, 2.75) is 53.2 Å². The van der Waals surface area contributed by atoms with Gasteiger partial charge in [0.15, 0.2) is 5.60 Å². The van der Waals surface area contributed by atoms with Crippen LogP contribution >= 0.6 is 0 Å². The van der Waals surface area contributed by atoms with Gasteiger partial charge >= 0.3 is 0 Å². The zero-order chi connectivity index (χ0) is 13.2. The van der Waals surface area contributed by atoms with Gasteiger partial charge in [-0.05, 0) is 17.1 Å². The molecule has 94 valence electrons. The molecule has 2 aliphatic rings. The van der Waals surface area contributed by atoms with Gasteiger partial charge in [-0.1, -0.05) is 41.5 Å². The standard InChI is InChI=1S/C14H20O3/c1-12(2,3)8-7-9(15)10(16)14(11(8)17-14)13(4,5)6/h7,11H,1-6H3. The Bertz CT molecular complexity index is 431. The molecule has 1 aliphatic heterocycles. The van der Waals surface area contributed by atoms with Crippen molar-refractivity contribution < 1.29 is 14.3 Å². The maximum atomic E-state index is 12.1. The third-order valence-corrected chi connectivity index (χ3v) is 3.73. The van der Waals surface area contributed by atoms with Crippen LogP contribution in [-0.2, 0) is 14.3 Å². The number of Topliss-reactive ketones (excluding diaryl/α,β-unsaturated/α-hetero) is 1. The zero-order valence-electron chi connectivity index (χ0n) is 11.4. The first-order valence-corrected chi connectivity index (χ1v) is 6.00. The minimum Gasteiger partial charge on any atom is -0.352 e. The Kier molecular flexibility index (Phi) is 2.26. The summed E-state index contributed by atoms with van der Waals surface area (Å²) in [4.78, 5) is 23.9. The van der Waals surface area contributed by atoms with Crippen molar-refractivity contribution in [1.82, 2.24) is 0 Å². The topological polar surface area (TPSA) is 46.7 Å². The van der Waals surface area contributed by atoms with Crippen molar-refractivity contribution in [3.63, 3.8) is 0 Å². The molecule has 3 heteroatoms. The number of hydrogen-bond acceptors (Lipinski definition) is 3. The Morgan fingerprint density at radius 3 is 2.06 bits per heavy atom. The van der Waals surface area contributed by atoms with E-state index in [1.54, 1.807) is 0 Å². The van der Waals surface area contributed by atoms with E-state index in [-0.39, 0.29) is 22.7 Å². The van der Waals surface area contributed by atoms with Crippen LogP contribution < -0.4 is 0 Å². The number of fused-ring (bicyclic) bond motifs is 1. The average molecular weight is 236 g/mol. The monoisotopic (exact) mass is 236 g/mol. The number of epoxide rings is 1. The molecule has 3 nitrogen and oxygen atoms in total. The van der Waals surface area contributed by atoms with E-state index in [0.29, 0.717) is 0 Å². The van der Waals surface area contributed by atoms with E-state index in [9.17, 15) is 9.59 Å². The molecule has 0 saturated carbocycles. The van der Waals surface area contributed by atoms with E-state index in [1.807, 2.05) is 41.5 Å². The molecule has 0 radical (unpaired) electrons. The summed E-state index contributed by atoms with van der Waals surface area (Å²) in [5, 5.41) is 0. The molecule has 0 spiro atoms. The largest absolute Gasteiger partial charge is 0.352 e. The molecule has 2 unspecified atom stereocenters. The molecule has 0 amide bonds. The highest BCUT2D eigenvalue weighted by Gasteiger charge is 2.73. The van der Waals surface area contributed by atoms with Crippen LogP contribution in [-0.4, -0.2) is 23.3 Å². The van der Waals surface area contributed by atoms with Crippen molar-refractivity contribution in [2.24, 2.45) is 10.8 Å². The summed E-state index contributed by atoms with van der Waals surface area (Å²) in [6.07, 6.45) is 1.26. The number of hydrogen-bond donors (Lipinski definition) is 0. The maximum Gasteiger partial charge on any atom is 0.237 e. The number of carbonyl (C=O) groups is 2. The van der Waals surface area contributed by atoms with Gasteiger partial charge in [0.1, 0.15) is 6.10 Å². The molecule has 1 aliphatic carbocycles. The molecule has 1 heterocycles. The molecule has 0 aromatic carbocycles. The molecule has 17 heavy (non-hydrogen) atoms. The van der Waals surface area contributed by atoms with Gasteiger partial charge in [-0.15, -0.1) is 0 Å². The van der Waals surface area contributed by atoms with Gasteiger partial charge in [-0.3, -0.25) is 9.59 Å². The molecule has 2 rings (SSSR count). The Hall–Kier alpha value is -0.960. The van der Waals surface area contributed by atoms with Crippen molar-refractivity contribution in [3.8, 4) is 0 Å². The van der Waals surface area contributed by atoms with Crippen LogP contribution in [0.2, 0.25) is 0 Å². The Morgan fingerprint density at radius 1 is 1.12 bits per heavy atom. The highest BCUT2D eigenvalue weighted by molar-refractivity contribution is 6.46. The number of carbonyl (C=O) groups excluding carboxylic acids is 2. The van der Waals surface area contributed by atoms with Crippen molar-refractivity contribution in [2.75, 3.05) is 0 Å². The third kappa shape index (κ3) is 1.52. The van der Waals surface area contributed by atoms with E-state index in [1.165, 1.54) is 6.08 Å². The van der Waals surface area contributed by atoms with Crippen molar-refractivity contribution >= 4 is 11.6 Å². The lowest BCUT2D eigenvalue weighted by molar-refractivity contribution is -0.140. The summed E-state index contributed by atoms with van der Waals surface area (Å²) in [6.45, 7) is 12.0. The Balaban J connectivity index is 2.51. The first kappa shape index (κ1) is 12.5. The van der Waals surface area contributed by atoms with Crippen LogP contribution in [0.5, 0.6) is 0 Å². The van der Waals surface area contributed by atoms with Gasteiger partial charge in [0.05, 0.1) is 0 Å².